The molecule has 35 heavy (non-hydrogen) atoms. The van der Waals surface area contributed by atoms with E-state index >= 15 is 0 Å². The second kappa shape index (κ2) is 15.5. The summed E-state index contributed by atoms with van der Waals surface area (Å²) in [5.74, 6) is -0.273. The number of phenols is 1. The van der Waals surface area contributed by atoms with Crippen LogP contribution in [0.5, 0.6) is 11.5 Å². The first kappa shape index (κ1) is 31.6. The lowest BCUT2D eigenvalue weighted by Crippen LogP contribution is -2.39. The number of alkyl halides is 3. The van der Waals surface area contributed by atoms with Crippen LogP contribution < -0.4 is 10.1 Å². The van der Waals surface area contributed by atoms with Gasteiger partial charge in [-0.1, -0.05) is 89.9 Å². The molecule has 2 rings (SSSR count). The molecule has 6 heteroatoms. The van der Waals surface area contributed by atoms with Gasteiger partial charge in [-0.25, -0.2) is 0 Å². The molecule has 0 heterocycles. The highest BCUT2D eigenvalue weighted by molar-refractivity contribution is 5.48. The summed E-state index contributed by atoms with van der Waals surface area (Å²) in [6.45, 7) is 21.6. The van der Waals surface area contributed by atoms with Crippen LogP contribution in [0.25, 0.3) is 0 Å². The van der Waals surface area contributed by atoms with Gasteiger partial charge in [0.1, 0.15) is 11.5 Å². The van der Waals surface area contributed by atoms with Gasteiger partial charge in [0.15, 0.2) is 0 Å². The van der Waals surface area contributed by atoms with E-state index in [1.165, 1.54) is 24.3 Å². The molecule has 192 valence electrons. The smallest absolute Gasteiger partial charge is 0.508 e. The summed E-state index contributed by atoms with van der Waals surface area (Å²) in [7, 11) is 0. The summed E-state index contributed by atoms with van der Waals surface area (Å²) < 4.78 is 42.7. The second-order valence-electron chi connectivity index (χ2n) is 7.20. The molecular weight excluding hydrogens is 451 g/mol. The number of aromatic hydroxyl groups is 1. The molecular formula is C29H38F3NO2. The first-order valence-corrected chi connectivity index (χ1v) is 11.6. The van der Waals surface area contributed by atoms with Gasteiger partial charge in [-0.05, 0) is 54.3 Å². The van der Waals surface area contributed by atoms with Gasteiger partial charge in [0, 0.05) is 17.7 Å². The van der Waals surface area contributed by atoms with E-state index in [9.17, 15) is 18.3 Å². The Labute approximate surface area is 208 Å². The van der Waals surface area contributed by atoms with E-state index in [0.29, 0.717) is 29.8 Å². The lowest BCUT2D eigenvalue weighted by atomic mass is 9.70. The summed E-state index contributed by atoms with van der Waals surface area (Å²) in [6, 6.07) is 12.5. The lowest BCUT2D eigenvalue weighted by Gasteiger charge is -2.37. The maximum atomic E-state index is 12.9. The van der Waals surface area contributed by atoms with Crippen LogP contribution in [0, 0.1) is 0 Å². The fourth-order valence-corrected chi connectivity index (χ4v) is 3.43. The molecule has 2 aromatic rings. The van der Waals surface area contributed by atoms with Crippen molar-refractivity contribution in [3.8, 4) is 11.5 Å². The van der Waals surface area contributed by atoms with Crippen LogP contribution in [0.1, 0.15) is 52.2 Å². The summed E-state index contributed by atoms with van der Waals surface area (Å²) in [4.78, 5) is 0. The Morgan fingerprint density at radius 1 is 1.00 bits per heavy atom. The quantitative estimate of drug-likeness (QED) is 0.329. The number of hydrogen-bond acceptors (Lipinski definition) is 3. The van der Waals surface area contributed by atoms with Crippen LogP contribution in [0.15, 0.2) is 97.8 Å². The number of nitrogens with one attached hydrogen (secondary N) is 1. The van der Waals surface area contributed by atoms with Crippen LogP contribution in [-0.2, 0) is 5.41 Å². The molecule has 2 N–H and O–H groups in total. The van der Waals surface area contributed by atoms with Gasteiger partial charge in [-0.15, -0.1) is 13.2 Å². The Morgan fingerprint density at radius 3 is 2.06 bits per heavy atom. The molecule has 0 fully saturated rings. The predicted molar refractivity (Wildman–Crippen MR) is 141 cm³/mol. The molecule has 0 radical (unpaired) electrons. The largest absolute Gasteiger partial charge is 0.573 e. The fourth-order valence-electron chi connectivity index (χ4n) is 3.43. The summed E-state index contributed by atoms with van der Waals surface area (Å²) in [5.41, 5.74) is 1.93. The number of halogens is 3. The third-order valence-electron chi connectivity index (χ3n) is 4.81. The van der Waals surface area contributed by atoms with E-state index in [2.05, 4.69) is 29.8 Å². The zero-order valence-electron chi connectivity index (χ0n) is 21.4. The van der Waals surface area contributed by atoms with E-state index in [1.807, 2.05) is 33.8 Å². The van der Waals surface area contributed by atoms with Crippen LogP contribution >= 0.6 is 0 Å². The number of allylic oxidation sites excluding steroid dienone is 5. The third kappa shape index (κ3) is 10.2. The van der Waals surface area contributed by atoms with Gasteiger partial charge in [0.05, 0.1) is 0 Å². The Bertz CT molecular complexity index is 980. The highest BCUT2D eigenvalue weighted by Gasteiger charge is 2.37. The minimum absolute atomic E-state index is 0.0488. The molecule has 1 atom stereocenters. The van der Waals surface area contributed by atoms with Crippen LogP contribution in [-0.4, -0.2) is 18.0 Å². The number of hydrogen-bond donors (Lipinski definition) is 2. The third-order valence-corrected chi connectivity index (χ3v) is 4.81. The lowest BCUT2D eigenvalue weighted by molar-refractivity contribution is -0.274. The molecule has 0 spiro atoms. The second-order valence-corrected chi connectivity index (χ2v) is 7.20. The van der Waals surface area contributed by atoms with Crippen molar-refractivity contribution in [1.29, 1.82) is 0 Å². The molecule has 0 aliphatic rings. The standard InChI is InChI=1S/C25H26F3NO2.2C2H6/c1-5-9-19(6-2)16-24(17-29-18(3)4,20-10-7-12-22(30)14-20)21-11-8-13-23(15-21)31-25(26,27)28;2*1-2/h5-15,29-30H,1-3,16-17H2,4H3;2*1-2H3/b19-9+;;. The first-order chi connectivity index (χ1) is 16.6. The molecule has 0 saturated carbocycles. The normalized spacial score (nSPS) is 12.5. The molecule has 0 aromatic heterocycles. The average molecular weight is 490 g/mol. The Kier molecular flexibility index (Phi) is 14.0. The van der Waals surface area contributed by atoms with Crippen molar-refractivity contribution in [2.45, 2.75) is 52.8 Å². The van der Waals surface area contributed by atoms with Crippen molar-refractivity contribution in [3.63, 3.8) is 0 Å². The maximum Gasteiger partial charge on any atom is 0.573 e. The summed E-state index contributed by atoms with van der Waals surface area (Å²) >= 11 is 0. The summed E-state index contributed by atoms with van der Waals surface area (Å²) in [5, 5.41) is 13.4. The molecule has 0 saturated heterocycles. The predicted octanol–water partition coefficient (Wildman–Crippen LogP) is 8.44. The topological polar surface area (TPSA) is 41.5 Å². The van der Waals surface area contributed by atoms with E-state index in [-0.39, 0.29) is 11.5 Å². The molecule has 0 aliphatic heterocycles. The van der Waals surface area contributed by atoms with Crippen LogP contribution in [0.4, 0.5) is 13.2 Å². The zero-order valence-corrected chi connectivity index (χ0v) is 21.4. The average Bonchev–Trinajstić information content (AvgIpc) is 2.82. The minimum Gasteiger partial charge on any atom is -0.508 e. The monoisotopic (exact) mass is 489 g/mol. The van der Waals surface area contributed by atoms with Gasteiger partial charge in [0.2, 0.25) is 0 Å². The highest BCUT2D eigenvalue weighted by atomic mass is 19.4. The van der Waals surface area contributed by atoms with Crippen molar-refractivity contribution in [1.82, 2.24) is 5.32 Å². The van der Waals surface area contributed by atoms with Crippen molar-refractivity contribution in [3.05, 3.63) is 109 Å². The van der Waals surface area contributed by atoms with Crippen molar-refractivity contribution >= 4 is 0 Å². The molecule has 2 aromatic carbocycles. The minimum atomic E-state index is -4.81. The number of rotatable bonds is 10. The SMILES string of the molecule is C=C/C=C(\C=C)CC(CNC(=C)C)(c1cccc(O)c1)c1cccc(OC(F)(F)F)c1.CC.CC. The molecule has 1 unspecified atom stereocenters. The Hall–Kier alpha value is -3.41. The van der Waals surface area contributed by atoms with Crippen molar-refractivity contribution in [2.24, 2.45) is 0 Å². The van der Waals surface area contributed by atoms with E-state index in [0.717, 1.165) is 5.57 Å². The molecule has 3 nitrogen and oxygen atoms in total. The summed E-state index contributed by atoms with van der Waals surface area (Å²) in [6.07, 6.45) is 0.663. The number of phenolic OH excluding ortho intramolecular Hbond substituents is 1. The first-order valence-electron chi connectivity index (χ1n) is 11.6. The highest BCUT2D eigenvalue weighted by Crippen LogP contribution is 2.41. The van der Waals surface area contributed by atoms with Gasteiger partial charge < -0.3 is 15.2 Å². The van der Waals surface area contributed by atoms with Gasteiger partial charge in [0.25, 0.3) is 0 Å². The van der Waals surface area contributed by atoms with E-state index in [4.69, 9.17) is 0 Å². The van der Waals surface area contributed by atoms with Crippen molar-refractivity contribution < 1.29 is 23.0 Å². The number of ether oxygens (including phenoxy) is 1. The molecule has 0 amide bonds. The number of benzene rings is 2. The van der Waals surface area contributed by atoms with Crippen LogP contribution in [0.3, 0.4) is 0 Å². The van der Waals surface area contributed by atoms with E-state index < -0.39 is 11.8 Å². The van der Waals surface area contributed by atoms with Gasteiger partial charge in [-0.3, -0.25) is 0 Å². The zero-order chi connectivity index (χ0) is 27.1. The molecule has 0 aliphatic carbocycles. The maximum absolute atomic E-state index is 12.9. The van der Waals surface area contributed by atoms with Crippen LogP contribution in [0.2, 0.25) is 0 Å². The van der Waals surface area contributed by atoms with Gasteiger partial charge >= 0.3 is 6.36 Å². The Balaban J connectivity index is 0.00000274. The Morgan fingerprint density at radius 2 is 1.57 bits per heavy atom. The van der Waals surface area contributed by atoms with E-state index in [1.54, 1.807) is 43.4 Å². The molecule has 0 bridgehead atoms. The van der Waals surface area contributed by atoms with Gasteiger partial charge in [-0.2, -0.15) is 0 Å². The fraction of sp³-hybridized carbons (Fsp3) is 0.310. The van der Waals surface area contributed by atoms with Crippen molar-refractivity contribution in [2.75, 3.05) is 6.54 Å².